The Morgan fingerprint density at radius 2 is 1.64 bits per heavy atom. The molecule has 1 heterocycles. The fourth-order valence-electron chi connectivity index (χ4n) is 3.77. The quantitative estimate of drug-likeness (QED) is 0.863. The van der Waals surface area contributed by atoms with E-state index in [0.717, 1.165) is 19.2 Å². The van der Waals surface area contributed by atoms with Gasteiger partial charge in [-0.15, -0.1) is 0 Å². The monoisotopic (exact) mass is 355 g/mol. The maximum atomic E-state index is 13.0. The zero-order valence-electron chi connectivity index (χ0n) is 14.2. The number of hydrogen-bond acceptors (Lipinski definition) is 2. The van der Waals surface area contributed by atoms with Gasteiger partial charge in [-0.1, -0.05) is 31.4 Å². The van der Waals surface area contributed by atoms with Crippen LogP contribution < -0.4 is 5.32 Å². The zero-order chi connectivity index (χ0) is 17.9. The van der Waals surface area contributed by atoms with Crippen molar-refractivity contribution in [2.24, 2.45) is 0 Å². The first-order valence-corrected chi connectivity index (χ1v) is 8.91. The largest absolute Gasteiger partial charge is 0.418 e. The Kier molecular flexibility index (Phi) is 5.51. The van der Waals surface area contributed by atoms with Crippen LogP contribution >= 0.6 is 0 Å². The van der Waals surface area contributed by atoms with Crippen LogP contribution in [-0.4, -0.2) is 48.1 Å². The van der Waals surface area contributed by atoms with E-state index < -0.39 is 17.8 Å². The predicted octanol–water partition coefficient (Wildman–Crippen LogP) is 4.19. The van der Waals surface area contributed by atoms with Crippen molar-refractivity contribution in [3.8, 4) is 0 Å². The standard InChI is InChI=1S/C18H24F3N3O/c19-18(20,21)15-8-4-5-9-16(15)22-17(25)24-12-10-23(11-13-24)14-6-2-1-3-7-14/h4-5,8-9,14H,1-3,6-7,10-13H2,(H,22,25). The Balaban J connectivity index is 1.57. The number of amides is 2. The number of piperazine rings is 1. The minimum Gasteiger partial charge on any atom is -0.322 e. The summed E-state index contributed by atoms with van der Waals surface area (Å²) >= 11 is 0. The van der Waals surface area contributed by atoms with Crippen LogP contribution in [-0.2, 0) is 6.18 Å². The van der Waals surface area contributed by atoms with Crippen molar-refractivity contribution >= 4 is 11.7 Å². The molecular weight excluding hydrogens is 331 g/mol. The molecule has 0 radical (unpaired) electrons. The number of nitrogens with one attached hydrogen (secondary N) is 1. The molecule has 138 valence electrons. The molecule has 1 aromatic carbocycles. The molecule has 1 saturated heterocycles. The van der Waals surface area contributed by atoms with E-state index >= 15 is 0 Å². The van der Waals surface area contributed by atoms with Gasteiger partial charge in [-0.25, -0.2) is 4.79 Å². The molecule has 2 fully saturated rings. The van der Waals surface area contributed by atoms with Crippen molar-refractivity contribution in [1.82, 2.24) is 9.80 Å². The molecule has 1 aliphatic heterocycles. The van der Waals surface area contributed by atoms with Crippen molar-refractivity contribution in [2.75, 3.05) is 31.5 Å². The highest BCUT2D eigenvalue weighted by molar-refractivity contribution is 5.90. The number of alkyl halides is 3. The number of hydrogen-bond donors (Lipinski definition) is 1. The number of para-hydroxylation sites is 1. The summed E-state index contributed by atoms with van der Waals surface area (Å²) in [6.45, 7) is 2.69. The van der Waals surface area contributed by atoms with E-state index in [-0.39, 0.29) is 5.69 Å². The first-order chi connectivity index (χ1) is 11.9. The maximum absolute atomic E-state index is 13.0. The highest BCUT2D eigenvalue weighted by Gasteiger charge is 2.34. The molecule has 7 heteroatoms. The highest BCUT2D eigenvalue weighted by Crippen LogP contribution is 2.34. The second-order valence-corrected chi connectivity index (χ2v) is 6.79. The Morgan fingerprint density at radius 1 is 1.00 bits per heavy atom. The molecule has 0 unspecified atom stereocenters. The van der Waals surface area contributed by atoms with E-state index in [1.807, 2.05) is 0 Å². The highest BCUT2D eigenvalue weighted by atomic mass is 19.4. The van der Waals surface area contributed by atoms with Gasteiger partial charge in [0.15, 0.2) is 0 Å². The van der Waals surface area contributed by atoms with E-state index in [1.165, 1.54) is 50.3 Å². The van der Waals surface area contributed by atoms with Crippen LogP contribution in [0.2, 0.25) is 0 Å². The number of urea groups is 1. The van der Waals surface area contributed by atoms with Gasteiger partial charge >= 0.3 is 12.2 Å². The van der Waals surface area contributed by atoms with Crippen molar-refractivity contribution < 1.29 is 18.0 Å². The minimum atomic E-state index is -4.48. The van der Waals surface area contributed by atoms with Gasteiger partial charge < -0.3 is 10.2 Å². The Bertz CT molecular complexity index is 591. The number of rotatable bonds is 2. The summed E-state index contributed by atoms with van der Waals surface area (Å²) < 4.78 is 39.1. The van der Waals surface area contributed by atoms with Crippen LogP contribution in [0.1, 0.15) is 37.7 Å². The molecule has 1 aliphatic carbocycles. The van der Waals surface area contributed by atoms with Crippen LogP contribution in [0.3, 0.4) is 0 Å². The topological polar surface area (TPSA) is 35.6 Å². The molecule has 2 amide bonds. The second kappa shape index (κ2) is 7.64. The first kappa shape index (κ1) is 18.0. The van der Waals surface area contributed by atoms with Gasteiger partial charge in [0, 0.05) is 32.2 Å². The molecule has 25 heavy (non-hydrogen) atoms. The fourth-order valence-corrected chi connectivity index (χ4v) is 3.77. The van der Waals surface area contributed by atoms with Crippen molar-refractivity contribution in [3.05, 3.63) is 29.8 Å². The molecule has 3 rings (SSSR count). The van der Waals surface area contributed by atoms with Gasteiger partial charge in [-0.2, -0.15) is 13.2 Å². The lowest BCUT2D eigenvalue weighted by Gasteiger charge is -2.40. The first-order valence-electron chi connectivity index (χ1n) is 8.91. The number of halogens is 3. The van der Waals surface area contributed by atoms with Gasteiger partial charge in [0.25, 0.3) is 0 Å². The van der Waals surface area contributed by atoms with E-state index in [2.05, 4.69) is 10.2 Å². The molecular formula is C18H24F3N3O. The molecule has 4 nitrogen and oxygen atoms in total. The number of carbonyl (C=O) groups is 1. The van der Waals surface area contributed by atoms with Crippen molar-refractivity contribution in [1.29, 1.82) is 0 Å². The van der Waals surface area contributed by atoms with E-state index in [0.29, 0.717) is 19.1 Å². The van der Waals surface area contributed by atoms with Gasteiger partial charge in [-0.05, 0) is 25.0 Å². The summed E-state index contributed by atoms with van der Waals surface area (Å²) in [5, 5.41) is 2.43. The summed E-state index contributed by atoms with van der Waals surface area (Å²) in [5.74, 6) is 0. The number of benzene rings is 1. The van der Waals surface area contributed by atoms with Crippen LogP contribution in [0.15, 0.2) is 24.3 Å². The second-order valence-electron chi connectivity index (χ2n) is 6.79. The Hall–Kier alpha value is -1.76. The van der Waals surface area contributed by atoms with Gasteiger partial charge in [0.05, 0.1) is 11.3 Å². The molecule has 1 saturated carbocycles. The van der Waals surface area contributed by atoms with Gasteiger partial charge in [0.2, 0.25) is 0 Å². The zero-order valence-corrected chi connectivity index (χ0v) is 14.2. The summed E-state index contributed by atoms with van der Waals surface area (Å²) in [4.78, 5) is 16.4. The lowest BCUT2D eigenvalue weighted by molar-refractivity contribution is -0.136. The average molecular weight is 355 g/mol. The third-order valence-corrected chi connectivity index (χ3v) is 5.17. The maximum Gasteiger partial charge on any atom is 0.418 e. The van der Waals surface area contributed by atoms with E-state index in [9.17, 15) is 18.0 Å². The van der Waals surface area contributed by atoms with E-state index in [4.69, 9.17) is 0 Å². The molecule has 0 spiro atoms. The summed E-state index contributed by atoms with van der Waals surface area (Å²) in [6.07, 6.45) is 1.77. The van der Waals surface area contributed by atoms with Crippen molar-refractivity contribution in [3.63, 3.8) is 0 Å². The summed E-state index contributed by atoms with van der Waals surface area (Å²) in [6, 6.07) is 5.23. The fraction of sp³-hybridized carbons (Fsp3) is 0.611. The normalized spacial score (nSPS) is 20.5. The lowest BCUT2D eigenvalue weighted by Crippen LogP contribution is -2.53. The van der Waals surface area contributed by atoms with E-state index in [1.54, 1.807) is 4.90 Å². The van der Waals surface area contributed by atoms with Gasteiger partial charge in [0.1, 0.15) is 0 Å². The van der Waals surface area contributed by atoms with Crippen LogP contribution in [0, 0.1) is 0 Å². The van der Waals surface area contributed by atoms with Crippen LogP contribution in [0.4, 0.5) is 23.7 Å². The molecule has 0 aromatic heterocycles. The van der Waals surface area contributed by atoms with Crippen LogP contribution in [0.5, 0.6) is 0 Å². The number of nitrogens with zero attached hydrogens (tertiary/aromatic N) is 2. The third-order valence-electron chi connectivity index (χ3n) is 5.17. The molecule has 0 atom stereocenters. The molecule has 2 aliphatic rings. The number of anilines is 1. The third kappa shape index (κ3) is 4.45. The minimum absolute atomic E-state index is 0.185. The molecule has 1 aromatic rings. The smallest absolute Gasteiger partial charge is 0.322 e. The SMILES string of the molecule is O=C(Nc1ccccc1C(F)(F)F)N1CCN(C2CCCCC2)CC1. The number of carbonyl (C=O) groups excluding carboxylic acids is 1. The molecule has 1 N–H and O–H groups in total. The van der Waals surface area contributed by atoms with Gasteiger partial charge in [-0.3, -0.25) is 4.90 Å². The average Bonchev–Trinajstić information content (AvgIpc) is 2.62. The lowest BCUT2D eigenvalue weighted by atomic mass is 9.94. The van der Waals surface area contributed by atoms with Crippen LogP contribution in [0.25, 0.3) is 0 Å². The molecule has 0 bridgehead atoms. The Labute approximate surface area is 146 Å². The predicted molar refractivity (Wildman–Crippen MR) is 90.5 cm³/mol. The summed E-state index contributed by atoms with van der Waals surface area (Å²) in [7, 11) is 0. The van der Waals surface area contributed by atoms with Crippen molar-refractivity contribution in [2.45, 2.75) is 44.3 Å². The Morgan fingerprint density at radius 3 is 2.28 bits per heavy atom. The summed E-state index contributed by atoms with van der Waals surface area (Å²) in [5.41, 5.74) is -1.00.